The van der Waals surface area contributed by atoms with E-state index in [9.17, 15) is 10.1 Å². The van der Waals surface area contributed by atoms with Gasteiger partial charge in [0.1, 0.15) is 11.6 Å². The molecule has 2 fully saturated rings. The second-order valence-corrected chi connectivity index (χ2v) is 5.96. The molecule has 0 saturated carbocycles. The van der Waals surface area contributed by atoms with Gasteiger partial charge in [-0.05, 0) is 20.9 Å². The van der Waals surface area contributed by atoms with E-state index in [0.29, 0.717) is 26.2 Å². The molecule has 2 saturated heterocycles. The minimum Gasteiger partial charge on any atom is -0.372 e. The maximum Gasteiger partial charge on any atom is 0.266 e. The molecule has 2 rings (SSSR count). The van der Waals surface area contributed by atoms with E-state index in [4.69, 9.17) is 4.74 Å². The summed E-state index contributed by atoms with van der Waals surface area (Å²) in [5.41, 5.74) is 0.223. The molecule has 0 radical (unpaired) electrons. The smallest absolute Gasteiger partial charge is 0.266 e. The quantitative estimate of drug-likeness (QED) is 0.540. The van der Waals surface area contributed by atoms with E-state index in [-0.39, 0.29) is 23.7 Å². The van der Waals surface area contributed by atoms with Crippen LogP contribution in [0.1, 0.15) is 13.8 Å². The van der Waals surface area contributed by atoms with Crippen molar-refractivity contribution in [3.05, 3.63) is 11.8 Å². The third-order valence-electron chi connectivity index (χ3n) is 3.90. The highest BCUT2D eigenvalue weighted by Gasteiger charge is 2.25. The molecule has 0 aromatic rings. The summed E-state index contributed by atoms with van der Waals surface area (Å²) in [6, 6.07) is 2.06. The van der Waals surface area contributed by atoms with Crippen molar-refractivity contribution >= 4 is 5.91 Å². The van der Waals surface area contributed by atoms with Gasteiger partial charge in [-0.1, -0.05) is 0 Å². The van der Waals surface area contributed by atoms with E-state index >= 15 is 0 Å². The molecule has 2 unspecified atom stereocenters. The second kappa shape index (κ2) is 6.92. The fraction of sp³-hybridized carbons (Fsp3) is 0.733. The maximum absolute atomic E-state index is 12.4. The fourth-order valence-corrected chi connectivity index (χ4v) is 2.82. The largest absolute Gasteiger partial charge is 0.372 e. The summed E-state index contributed by atoms with van der Waals surface area (Å²) in [6.07, 6.45) is 1.93. The van der Waals surface area contributed by atoms with Crippen molar-refractivity contribution in [1.82, 2.24) is 14.7 Å². The van der Waals surface area contributed by atoms with Crippen LogP contribution in [0.4, 0.5) is 0 Å². The van der Waals surface area contributed by atoms with Gasteiger partial charge in [0.05, 0.1) is 12.2 Å². The second-order valence-electron chi connectivity index (χ2n) is 5.96. The topological polar surface area (TPSA) is 59.8 Å². The minimum absolute atomic E-state index is 0.115. The molecule has 0 N–H and O–H groups in total. The first-order chi connectivity index (χ1) is 9.99. The molecule has 2 aliphatic heterocycles. The van der Waals surface area contributed by atoms with Gasteiger partial charge in [-0.2, -0.15) is 5.26 Å². The molecule has 0 aromatic heterocycles. The Labute approximate surface area is 126 Å². The number of ether oxygens (including phenoxy) is 1. The Morgan fingerprint density at radius 1 is 1.19 bits per heavy atom. The third-order valence-corrected chi connectivity index (χ3v) is 3.90. The number of hydrogen-bond donors (Lipinski definition) is 0. The van der Waals surface area contributed by atoms with Gasteiger partial charge in [-0.3, -0.25) is 4.79 Å². The van der Waals surface area contributed by atoms with Crippen molar-refractivity contribution in [2.75, 3.05) is 46.3 Å². The van der Waals surface area contributed by atoms with Crippen LogP contribution in [-0.4, -0.2) is 79.1 Å². The number of carbonyl (C=O) groups excluding carboxylic acids is 1. The summed E-state index contributed by atoms with van der Waals surface area (Å²) in [4.78, 5) is 18.4. The van der Waals surface area contributed by atoms with Crippen LogP contribution in [0.25, 0.3) is 0 Å². The zero-order valence-electron chi connectivity index (χ0n) is 13.1. The highest BCUT2D eigenvalue weighted by Crippen LogP contribution is 2.13. The van der Waals surface area contributed by atoms with Crippen molar-refractivity contribution in [1.29, 1.82) is 5.26 Å². The van der Waals surface area contributed by atoms with Crippen LogP contribution in [0.2, 0.25) is 0 Å². The zero-order valence-corrected chi connectivity index (χ0v) is 13.1. The molecule has 0 aromatic carbocycles. The summed E-state index contributed by atoms with van der Waals surface area (Å²) in [7, 11) is 2.04. The van der Waals surface area contributed by atoms with E-state index in [1.807, 2.05) is 25.8 Å². The number of piperazine rings is 1. The molecular weight excluding hydrogens is 268 g/mol. The maximum atomic E-state index is 12.4. The van der Waals surface area contributed by atoms with Crippen molar-refractivity contribution in [3.63, 3.8) is 0 Å². The van der Waals surface area contributed by atoms with Crippen molar-refractivity contribution in [2.45, 2.75) is 26.1 Å². The number of amides is 1. The molecule has 6 nitrogen and oxygen atoms in total. The summed E-state index contributed by atoms with van der Waals surface area (Å²) >= 11 is 0. The van der Waals surface area contributed by atoms with Crippen LogP contribution in [0.3, 0.4) is 0 Å². The molecule has 2 heterocycles. The van der Waals surface area contributed by atoms with E-state index < -0.39 is 0 Å². The molecule has 0 spiro atoms. The lowest BCUT2D eigenvalue weighted by Crippen LogP contribution is -2.48. The first kappa shape index (κ1) is 15.8. The number of nitriles is 1. The van der Waals surface area contributed by atoms with Crippen LogP contribution in [0, 0.1) is 11.3 Å². The third kappa shape index (κ3) is 4.19. The number of likely N-dealkylation sites (N-methyl/N-ethyl adjacent to an activating group) is 1. The van der Waals surface area contributed by atoms with Crippen molar-refractivity contribution < 1.29 is 9.53 Å². The Morgan fingerprint density at radius 3 is 2.29 bits per heavy atom. The molecule has 6 heteroatoms. The summed E-state index contributed by atoms with van der Waals surface area (Å²) < 4.78 is 5.67. The SMILES string of the molecule is CC1CN(/C=C(/C#N)C(=O)N2CCN(C)CC2)CC(C)O1. The van der Waals surface area contributed by atoms with Crippen LogP contribution < -0.4 is 0 Å². The lowest BCUT2D eigenvalue weighted by molar-refractivity contribution is -0.128. The van der Waals surface area contributed by atoms with Crippen molar-refractivity contribution in [2.24, 2.45) is 0 Å². The van der Waals surface area contributed by atoms with Crippen LogP contribution in [-0.2, 0) is 9.53 Å². The molecular formula is C15H24N4O2. The summed E-state index contributed by atoms with van der Waals surface area (Å²) in [6.45, 7) is 8.52. The Kier molecular flexibility index (Phi) is 5.21. The molecule has 0 aliphatic carbocycles. The normalized spacial score (nSPS) is 28.4. The average Bonchev–Trinajstić information content (AvgIpc) is 2.44. The van der Waals surface area contributed by atoms with Gasteiger partial charge in [-0.25, -0.2) is 0 Å². The molecule has 1 amide bonds. The highest BCUT2D eigenvalue weighted by atomic mass is 16.5. The lowest BCUT2D eigenvalue weighted by Gasteiger charge is -2.35. The van der Waals surface area contributed by atoms with Crippen LogP contribution in [0.5, 0.6) is 0 Å². The summed E-state index contributed by atoms with van der Waals surface area (Å²) in [5.74, 6) is -0.155. The van der Waals surface area contributed by atoms with E-state index in [2.05, 4.69) is 11.0 Å². The van der Waals surface area contributed by atoms with Crippen molar-refractivity contribution in [3.8, 4) is 6.07 Å². The van der Waals surface area contributed by atoms with Gasteiger partial charge in [0, 0.05) is 45.5 Å². The van der Waals surface area contributed by atoms with Crippen LogP contribution in [0.15, 0.2) is 11.8 Å². The lowest BCUT2D eigenvalue weighted by atomic mass is 10.2. The number of morpholine rings is 1. The number of nitrogens with zero attached hydrogens (tertiary/aromatic N) is 4. The van der Waals surface area contributed by atoms with Gasteiger partial charge in [0.25, 0.3) is 5.91 Å². The van der Waals surface area contributed by atoms with Crippen LogP contribution >= 0.6 is 0 Å². The van der Waals surface area contributed by atoms with E-state index in [1.165, 1.54) is 0 Å². The van der Waals surface area contributed by atoms with Gasteiger partial charge >= 0.3 is 0 Å². The fourth-order valence-electron chi connectivity index (χ4n) is 2.82. The molecule has 21 heavy (non-hydrogen) atoms. The molecule has 116 valence electrons. The number of hydrogen-bond acceptors (Lipinski definition) is 5. The predicted octanol–water partition coefficient (Wildman–Crippen LogP) is 0.277. The standard InChI is InChI=1S/C15H24N4O2/c1-12-9-18(10-13(2)21-12)11-14(8-16)15(20)19-6-4-17(3)5-7-19/h11-13H,4-7,9-10H2,1-3H3/b14-11-. The van der Waals surface area contributed by atoms with E-state index in [0.717, 1.165) is 13.1 Å². The average molecular weight is 292 g/mol. The van der Waals surface area contributed by atoms with E-state index in [1.54, 1.807) is 11.1 Å². The number of rotatable bonds is 2. The van der Waals surface area contributed by atoms with Gasteiger partial charge in [-0.15, -0.1) is 0 Å². The molecule has 0 bridgehead atoms. The monoisotopic (exact) mass is 292 g/mol. The zero-order chi connectivity index (χ0) is 15.4. The Hall–Kier alpha value is -1.58. The van der Waals surface area contributed by atoms with Gasteiger partial charge < -0.3 is 19.4 Å². The molecule has 2 aliphatic rings. The Balaban J connectivity index is 2.03. The first-order valence-corrected chi connectivity index (χ1v) is 7.49. The Morgan fingerprint density at radius 2 is 1.76 bits per heavy atom. The molecule has 2 atom stereocenters. The highest BCUT2D eigenvalue weighted by molar-refractivity contribution is 5.97. The summed E-state index contributed by atoms with van der Waals surface area (Å²) in [5, 5.41) is 9.31. The predicted molar refractivity (Wildman–Crippen MR) is 79.4 cm³/mol. The Bertz CT molecular complexity index is 439. The van der Waals surface area contributed by atoms with Gasteiger partial charge in [0.2, 0.25) is 0 Å². The number of carbonyl (C=O) groups is 1. The van der Waals surface area contributed by atoms with Gasteiger partial charge in [0.15, 0.2) is 0 Å². The minimum atomic E-state index is -0.155. The first-order valence-electron chi connectivity index (χ1n) is 7.49.